The molecule has 27 heavy (non-hydrogen) atoms. The van der Waals surface area contributed by atoms with Crippen LogP contribution in [0, 0.1) is 11.8 Å². The minimum atomic E-state index is -0.344. The predicted octanol–water partition coefficient (Wildman–Crippen LogP) is 2.15. The first-order valence-electron chi connectivity index (χ1n) is 10.1. The summed E-state index contributed by atoms with van der Waals surface area (Å²) in [5.41, 5.74) is 4.63. The molecule has 2 aliphatic rings. The Morgan fingerprint density at radius 1 is 1.19 bits per heavy atom. The van der Waals surface area contributed by atoms with Crippen LogP contribution in [0.1, 0.15) is 54.6 Å². The minimum absolute atomic E-state index is 0.0340. The van der Waals surface area contributed by atoms with Gasteiger partial charge in [0.1, 0.15) is 0 Å². The number of hydrogen-bond donors (Lipinski definition) is 3. The summed E-state index contributed by atoms with van der Waals surface area (Å²) in [6.07, 6.45) is 4.15. The highest BCUT2D eigenvalue weighted by Gasteiger charge is 2.27. The lowest BCUT2D eigenvalue weighted by Gasteiger charge is -2.25. The summed E-state index contributed by atoms with van der Waals surface area (Å²) in [5, 5.41) is 12.1. The number of likely N-dealkylation sites (tertiary alicyclic amines) is 1. The maximum absolute atomic E-state index is 12.8. The summed E-state index contributed by atoms with van der Waals surface area (Å²) in [6, 6.07) is 6.01. The van der Waals surface area contributed by atoms with E-state index in [0.717, 1.165) is 50.9 Å². The lowest BCUT2D eigenvalue weighted by Crippen LogP contribution is -2.39. The second-order valence-electron chi connectivity index (χ2n) is 7.97. The number of carbonyl (C=O) groups is 2. The third kappa shape index (κ3) is 4.68. The molecule has 1 aliphatic heterocycles. The fourth-order valence-electron chi connectivity index (χ4n) is 4.30. The van der Waals surface area contributed by atoms with Crippen LogP contribution in [0.5, 0.6) is 0 Å². The van der Waals surface area contributed by atoms with Crippen LogP contribution in [0.4, 0.5) is 0 Å². The summed E-state index contributed by atoms with van der Waals surface area (Å²) in [6.45, 7) is 7.57. The fraction of sp³-hybridized carbons (Fsp3) is 0.619. The van der Waals surface area contributed by atoms with Crippen molar-refractivity contribution in [2.75, 3.05) is 19.6 Å². The fourth-order valence-corrected chi connectivity index (χ4v) is 4.30. The Balaban J connectivity index is 1.68. The largest absolute Gasteiger partial charge is 0.349 e. The molecule has 0 bridgehead atoms. The second-order valence-corrected chi connectivity index (χ2v) is 7.97. The normalized spacial score (nSPS) is 26.0. The Morgan fingerprint density at radius 2 is 1.96 bits per heavy atom. The van der Waals surface area contributed by atoms with E-state index in [1.54, 1.807) is 5.48 Å². The lowest BCUT2D eigenvalue weighted by atomic mass is 9.82. The summed E-state index contributed by atoms with van der Waals surface area (Å²) in [4.78, 5) is 27.0. The third-order valence-electron chi connectivity index (χ3n) is 6.29. The van der Waals surface area contributed by atoms with Crippen LogP contribution in [0.25, 0.3) is 0 Å². The molecule has 2 unspecified atom stereocenters. The number of aryl methyl sites for hydroxylation is 1. The monoisotopic (exact) mass is 373 g/mol. The average Bonchev–Trinajstić information content (AvgIpc) is 2.88. The minimum Gasteiger partial charge on any atom is -0.349 e. The Labute approximate surface area is 161 Å². The molecule has 1 heterocycles. The summed E-state index contributed by atoms with van der Waals surface area (Å²) >= 11 is 0. The van der Waals surface area contributed by atoms with Crippen LogP contribution in [-0.2, 0) is 17.6 Å². The number of amides is 2. The van der Waals surface area contributed by atoms with Crippen molar-refractivity contribution in [1.29, 1.82) is 0 Å². The molecule has 1 saturated heterocycles. The Morgan fingerprint density at radius 3 is 2.70 bits per heavy atom. The van der Waals surface area contributed by atoms with Crippen LogP contribution < -0.4 is 10.8 Å². The van der Waals surface area contributed by atoms with Crippen molar-refractivity contribution < 1.29 is 14.8 Å². The summed E-state index contributed by atoms with van der Waals surface area (Å²) < 4.78 is 0. The molecule has 1 fully saturated rings. The number of fused-ring (bicyclic) bond motifs is 1. The second kappa shape index (κ2) is 8.85. The zero-order valence-electron chi connectivity index (χ0n) is 16.3. The average molecular weight is 373 g/mol. The van der Waals surface area contributed by atoms with E-state index >= 15 is 0 Å². The zero-order chi connectivity index (χ0) is 19.4. The third-order valence-corrected chi connectivity index (χ3v) is 6.29. The topological polar surface area (TPSA) is 81.7 Å². The van der Waals surface area contributed by atoms with Crippen LogP contribution in [-0.4, -0.2) is 47.6 Å². The number of hydrogen-bond acceptors (Lipinski definition) is 4. The number of carbonyl (C=O) groups excluding carboxylic acids is 2. The van der Waals surface area contributed by atoms with Gasteiger partial charge in [0.15, 0.2) is 0 Å². The van der Waals surface area contributed by atoms with Crippen molar-refractivity contribution in [2.45, 2.75) is 52.0 Å². The first kappa shape index (κ1) is 19.8. The highest BCUT2D eigenvalue weighted by molar-refractivity contribution is 5.94. The van der Waals surface area contributed by atoms with Gasteiger partial charge in [-0.1, -0.05) is 19.9 Å². The van der Waals surface area contributed by atoms with Gasteiger partial charge >= 0.3 is 0 Å². The molecule has 148 valence electrons. The number of nitrogens with one attached hydrogen (secondary N) is 2. The lowest BCUT2D eigenvalue weighted by molar-refractivity contribution is -0.133. The van der Waals surface area contributed by atoms with Gasteiger partial charge in [-0.05, 0) is 74.4 Å². The Bertz CT molecular complexity index is 691. The maximum Gasteiger partial charge on any atom is 0.251 e. The molecular formula is C21H31N3O3. The summed E-state index contributed by atoms with van der Waals surface area (Å²) in [7, 11) is 0. The molecule has 6 nitrogen and oxygen atoms in total. The van der Waals surface area contributed by atoms with E-state index in [2.05, 4.69) is 24.1 Å². The zero-order valence-corrected chi connectivity index (χ0v) is 16.3. The molecule has 6 heteroatoms. The molecular weight excluding hydrogens is 342 g/mol. The molecule has 1 aliphatic carbocycles. The molecule has 0 saturated carbocycles. The first-order chi connectivity index (χ1) is 13.0. The van der Waals surface area contributed by atoms with E-state index < -0.39 is 0 Å². The van der Waals surface area contributed by atoms with Gasteiger partial charge in [0.25, 0.3) is 5.91 Å². The van der Waals surface area contributed by atoms with Crippen LogP contribution >= 0.6 is 0 Å². The quantitative estimate of drug-likeness (QED) is 0.558. The van der Waals surface area contributed by atoms with Crippen molar-refractivity contribution in [3.8, 4) is 0 Å². The molecule has 1 aromatic rings. The Hall–Kier alpha value is -1.92. The molecule has 1 aromatic carbocycles. The van der Waals surface area contributed by atoms with Crippen molar-refractivity contribution in [3.05, 3.63) is 34.9 Å². The molecule has 0 aromatic heterocycles. The van der Waals surface area contributed by atoms with Crippen molar-refractivity contribution >= 4 is 11.8 Å². The highest BCUT2D eigenvalue weighted by atomic mass is 16.5. The van der Waals surface area contributed by atoms with Crippen LogP contribution in [0.2, 0.25) is 0 Å². The van der Waals surface area contributed by atoms with Crippen LogP contribution in [0.3, 0.4) is 0 Å². The maximum atomic E-state index is 12.8. The number of rotatable bonds is 4. The van der Waals surface area contributed by atoms with E-state index in [1.165, 1.54) is 5.56 Å². The van der Waals surface area contributed by atoms with Gasteiger partial charge < -0.3 is 10.2 Å². The molecule has 0 spiro atoms. The SMILES string of the molecule is CCN1CCC(C)[C@@H](NC(=O)c2ccc3c(c2)CC(C(=O)NO)CC3)CC1. The smallest absolute Gasteiger partial charge is 0.251 e. The van der Waals surface area contributed by atoms with Crippen LogP contribution in [0.15, 0.2) is 18.2 Å². The van der Waals surface area contributed by atoms with Gasteiger partial charge in [0, 0.05) is 24.1 Å². The molecule has 3 atom stereocenters. The number of benzene rings is 1. The first-order valence-corrected chi connectivity index (χ1v) is 10.1. The van der Waals surface area contributed by atoms with E-state index in [1.807, 2.05) is 18.2 Å². The summed E-state index contributed by atoms with van der Waals surface area (Å²) in [5.74, 6) is -0.153. The molecule has 3 rings (SSSR count). The highest BCUT2D eigenvalue weighted by Crippen LogP contribution is 2.27. The van der Waals surface area contributed by atoms with E-state index in [-0.39, 0.29) is 23.8 Å². The van der Waals surface area contributed by atoms with E-state index in [0.29, 0.717) is 17.9 Å². The van der Waals surface area contributed by atoms with Crippen molar-refractivity contribution in [2.24, 2.45) is 11.8 Å². The molecule has 2 amide bonds. The van der Waals surface area contributed by atoms with Crippen molar-refractivity contribution in [1.82, 2.24) is 15.7 Å². The molecule has 3 N–H and O–H groups in total. The predicted molar refractivity (Wildman–Crippen MR) is 104 cm³/mol. The number of nitrogens with zero attached hydrogens (tertiary/aromatic N) is 1. The van der Waals surface area contributed by atoms with E-state index in [4.69, 9.17) is 5.21 Å². The van der Waals surface area contributed by atoms with Gasteiger partial charge in [0.2, 0.25) is 5.91 Å². The molecule has 0 radical (unpaired) electrons. The van der Waals surface area contributed by atoms with E-state index in [9.17, 15) is 9.59 Å². The standard InChI is InChI=1S/C21H31N3O3/c1-3-24-10-8-14(2)19(9-11-24)22-20(25)16-6-4-15-5-7-17(21(26)23-27)13-18(15)12-16/h4,6,12,14,17,19,27H,3,5,7-11,13H2,1-2H3,(H,22,25)(H,23,26)/t14?,17?,19-/m0/s1. The van der Waals surface area contributed by atoms with Crippen molar-refractivity contribution in [3.63, 3.8) is 0 Å². The van der Waals surface area contributed by atoms with Gasteiger partial charge in [-0.25, -0.2) is 5.48 Å². The van der Waals surface area contributed by atoms with Gasteiger partial charge in [0.05, 0.1) is 0 Å². The number of hydroxylamine groups is 1. The van der Waals surface area contributed by atoms with Gasteiger partial charge in [-0.2, -0.15) is 0 Å². The Kier molecular flexibility index (Phi) is 6.50. The van der Waals surface area contributed by atoms with Gasteiger partial charge in [-0.3, -0.25) is 14.8 Å². The van der Waals surface area contributed by atoms with Gasteiger partial charge in [-0.15, -0.1) is 0 Å².